The summed E-state index contributed by atoms with van der Waals surface area (Å²) >= 11 is 0. The number of rotatable bonds is 8. The molecule has 0 radical (unpaired) electrons. The predicted molar refractivity (Wildman–Crippen MR) is 346 cm³/mol. The van der Waals surface area contributed by atoms with Crippen LogP contribution in [0.4, 0.5) is 0 Å². The van der Waals surface area contributed by atoms with Crippen molar-refractivity contribution in [3.05, 3.63) is 312 Å². The van der Waals surface area contributed by atoms with Crippen LogP contribution in [-0.2, 0) is 10.8 Å². The van der Waals surface area contributed by atoms with Crippen molar-refractivity contribution in [3.8, 4) is 67.0 Å². The Morgan fingerprint density at radius 2 is 0.634 bits per heavy atom. The summed E-state index contributed by atoms with van der Waals surface area (Å²) in [6.07, 6.45) is 2.35. The van der Waals surface area contributed by atoms with Gasteiger partial charge in [0.15, 0.2) is 0 Å². The second-order valence-corrected chi connectivity index (χ2v) is 23.7. The summed E-state index contributed by atoms with van der Waals surface area (Å²) in [6, 6.07) is 102. The number of hydrogen-bond acceptors (Lipinski definition) is 0. The van der Waals surface area contributed by atoms with E-state index in [1.54, 1.807) is 0 Å². The maximum atomic E-state index is 2.47. The van der Waals surface area contributed by atoms with E-state index in [1.165, 1.54) is 150 Å². The van der Waals surface area contributed by atoms with E-state index in [2.05, 4.69) is 316 Å². The molecule has 2 aliphatic rings. The Hall–Kier alpha value is -10.0. The third kappa shape index (κ3) is 7.41. The fourth-order valence-corrected chi connectivity index (χ4v) is 14.1. The van der Waals surface area contributed by atoms with Crippen LogP contribution < -0.4 is 0 Å². The minimum atomic E-state index is -0.180. The highest BCUT2D eigenvalue weighted by atomic mass is 15.0. The first-order valence-electron chi connectivity index (χ1n) is 28.8. The summed E-state index contributed by atoms with van der Waals surface area (Å²) in [6.45, 7) is 9.62. The van der Waals surface area contributed by atoms with Gasteiger partial charge < -0.3 is 9.13 Å². The Bertz CT molecular complexity index is 4930. The van der Waals surface area contributed by atoms with Gasteiger partial charge in [-0.15, -0.1) is 0 Å². The highest BCUT2D eigenvalue weighted by molar-refractivity contribution is 6.12. The van der Waals surface area contributed by atoms with Crippen molar-refractivity contribution in [1.29, 1.82) is 0 Å². The molecule has 0 fully saturated rings. The zero-order valence-electron chi connectivity index (χ0n) is 46.5. The first kappa shape index (κ1) is 47.9. The molecule has 0 spiro atoms. The van der Waals surface area contributed by atoms with Gasteiger partial charge in [0.25, 0.3) is 0 Å². The summed E-state index contributed by atoms with van der Waals surface area (Å²) in [7, 11) is 0. The van der Waals surface area contributed by atoms with Gasteiger partial charge in [-0.1, -0.05) is 216 Å². The lowest BCUT2D eigenvalue weighted by Crippen LogP contribution is -2.15. The van der Waals surface area contributed by atoms with Crippen LogP contribution in [0.1, 0.15) is 66.6 Å². The minimum Gasteiger partial charge on any atom is -0.309 e. The van der Waals surface area contributed by atoms with Crippen LogP contribution in [0.15, 0.2) is 273 Å². The van der Waals surface area contributed by atoms with Gasteiger partial charge in [0, 0.05) is 43.7 Å². The highest BCUT2D eigenvalue weighted by Crippen LogP contribution is 2.53. The Morgan fingerprint density at radius 3 is 1.11 bits per heavy atom. The van der Waals surface area contributed by atoms with Crippen molar-refractivity contribution in [2.45, 2.75) is 38.5 Å². The number of fused-ring (bicyclic) bond motifs is 12. The number of aromatic nitrogens is 2. The molecule has 2 nitrogen and oxygen atoms in total. The Balaban J connectivity index is 0.683. The van der Waals surface area contributed by atoms with E-state index in [1.807, 2.05) is 0 Å². The van der Waals surface area contributed by atoms with Gasteiger partial charge >= 0.3 is 0 Å². The van der Waals surface area contributed by atoms with E-state index in [4.69, 9.17) is 0 Å². The maximum Gasteiger partial charge on any atom is 0.0541 e. The van der Waals surface area contributed by atoms with Crippen molar-refractivity contribution in [1.82, 2.24) is 9.13 Å². The standard InChI is InChI=1S/C80H58N2/c1-79(2)71-47-55(52-30-28-51(29-31-52)44-68(53-18-8-5-9-19-53)59-37-43-78-70(46-59)67-25-15-17-27-76(67)82(78)61-22-12-7-13-23-61)32-38-62(71)64-40-34-57(49-73(64)79)58-35-41-65-63-39-33-56(48-72(63)80(3,4)74(65)50-58)54-36-42-77-69(45-54)66-24-14-16-26-75(66)81(77)60-20-10-6-11-21-60/h5-50H,1-4H3. The first-order valence-corrected chi connectivity index (χ1v) is 28.8. The zero-order valence-corrected chi connectivity index (χ0v) is 46.5. The SMILES string of the molecule is CC1(C)c2cc(-c3ccc(C=C(c4ccccc4)c4ccc5c(c4)c4ccccc4n5-c4ccccc4)cc3)ccc2-c2ccc(-c3ccc4c(c3)C(C)(C)c3cc(-c5ccc6c(c5)c5ccccc5n6-c5ccccc5)ccc3-4)cc21. The van der Waals surface area contributed by atoms with Crippen LogP contribution in [0.3, 0.4) is 0 Å². The molecule has 0 saturated carbocycles. The second-order valence-electron chi connectivity index (χ2n) is 23.7. The highest BCUT2D eigenvalue weighted by Gasteiger charge is 2.38. The monoisotopic (exact) mass is 1050 g/mol. The van der Waals surface area contributed by atoms with E-state index in [0.717, 1.165) is 5.56 Å². The van der Waals surface area contributed by atoms with Gasteiger partial charge in [-0.05, 0) is 191 Å². The van der Waals surface area contributed by atoms with Crippen LogP contribution in [-0.4, -0.2) is 9.13 Å². The molecule has 0 N–H and O–H groups in total. The van der Waals surface area contributed by atoms with E-state index < -0.39 is 0 Å². The van der Waals surface area contributed by atoms with Crippen molar-refractivity contribution in [2.75, 3.05) is 0 Å². The summed E-state index contributed by atoms with van der Waals surface area (Å²) in [5, 5.41) is 5.04. The van der Waals surface area contributed by atoms with Crippen LogP contribution in [0.25, 0.3) is 122 Å². The number of para-hydroxylation sites is 4. The number of benzene rings is 12. The molecule has 0 saturated heterocycles. The van der Waals surface area contributed by atoms with Gasteiger partial charge in [0.05, 0.1) is 22.1 Å². The molecule has 0 amide bonds. The lowest BCUT2D eigenvalue weighted by molar-refractivity contribution is 0.660. The normalized spacial score (nSPS) is 13.9. The van der Waals surface area contributed by atoms with Crippen LogP contribution >= 0.6 is 0 Å². The van der Waals surface area contributed by atoms with E-state index >= 15 is 0 Å². The molecule has 388 valence electrons. The average molecular weight is 1050 g/mol. The lowest BCUT2D eigenvalue weighted by Gasteiger charge is -2.24. The van der Waals surface area contributed by atoms with Gasteiger partial charge in [-0.3, -0.25) is 0 Å². The van der Waals surface area contributed by atoms with Gasteiger partial charge in [0.2, 0.25) is 0 Å². The molecule has 14 aromatic rings. The summed E-state index contributed by atoms with van der Waals surface area (Å²) < 4.78 is 4.77. The van der Waals surface area contributed by atoms with E-state index in [-0.39, 0.29) is 10.8 Å². The van der Waals surface area contributed by atoms with Crippen LogP contribution in [0, 0.1) is 0 Å². The Labute approximate surface area is 479 Å². The number of hydrogen-bond donors (Lipinski definition) is 0. The van der Waals surface area contributed by atoms with Crippen molar-refractivity contribution in [3.63, 3.8) is 0 Å². The van der Waals surface area contributed by atoms with Crippen LogP contribution in [0.5, 0.6) is 0 Å². The number of nitrogens with zero attached hydrogens (tertiary/aromatic N) is 2. The molecule has 16 rings (SSSR count). The summed E-state index contributed by atoms with van der Waals surface area (Å²) in [4.78, 5) is 0. The van der Waals surface area contributed by atoms with Gasteiger partial charge in [-0.2, -0.15) is 0 Å². The second kappa shape index (κ2) is 18.3. The van der Waals surface area contributed by atoms with Crippen molar-refractivity contribution >= 4 is 55.3 Å². The maximum absolute atomic E-state index is 2.47. The summed E-state index contributed by atoms with van der Waals surface area (Å²) in [5.41, 5.74) is 29.9. The third-order valence-electron chi connectivity index (χ3n) is 18.3. The molecular weight excluding hydrogens is 989 g/mol. The molecule has 2 aliphatic carbocycles. The smallest absolute Gasteiger partial charge is 0.0541 e. The van der Waals surface area contributed by atoms with Gasteiger partial charge in [0.1, 0.15) is 0 Å². The Morgan fingerprint density at radius 1 is 0.280 bits per heavy atom. The molecule has 0 bridgehead atoms. The third-order valence-corrected chi connectivity index (χ3v) is 18.3. The minimum absolute atomic E-state index is 0.174. The molecule has 2 aromatic heterocycles. The molecule has 0 atom stereocenters. The quantitative estimate of drug-likeness (QED) is 0.134. The molecular formula is C80H58N2. The molecule has 2 heteroatoms. The largest absolute Gasteiger partial charge is 0.309 e. The van der Waals surface area contributed by atoms with E-state index in [0.29, 0.717) is 0 Å². The topological polar surface area (TPSA) is 9.86 Å². The van der Waals surface area contributed by atoms with Crippen molar-refractivity contribution in [2.24, 2.45) is 0 Å². The average Bonchev–Trinajstić information content (AvgIpc) is 4.23. The molecule has 0 aliphatic heterocycles. The predicted octanol–water partition coefficient (Wildman–Crippen LogP) is 21.1. The first-order chi connectivity index (χ1) is 40.2. The van der Waals surface area contributed by atoms with Gasteiger partial charge in [-0.25, -0.2) is 0 Å². The lowest BCUT2D eigenvalue weighted by atomic mass is 9.79. The molecule has 0 unspecified atom stereocenters. The molecule has 12 aromatic carbocycles. The summed E-state index contributed by atoms with van der Waals surface area (Å²) in [5.74, 6) is 0. The fraction of sp³-hybridized carbons (Fsp3) is 0.0750. The molecule has 82 heavy (non-hydrogen) atoms. The van der Waals surface area contributed by atoms with Crippen LogP contribution in [0.2, 0.25) is 0 Å². The zero-order chi connectivity index (χ0) is 54.8. The van der Waals surface area contributed by atoms with Crippen molar-refractivity contribution < 1.29 is 0 Å². The van der Waals surface area contributed by atoms with E-state index in [9.17, 15) is 0 Å². The Kier molecular flexibility index (Phi) is 10.7. The molecule has 2 heterocycles. The fourth-order valence-electron chi connectivity index (χ4n) is 14.1.